The molecule has 25 heteroatoms. The maximum Gasteiger partial charge on any atom is 0.335 e. The van der Waals surface area contributed by atoms with Crippen LogP contribution in [0.4, 0.5) is 0 Å². The lowest BCUT2D eigenvalue weighted by Crippen LogP contribution is -2.70. The van der Waals surface area contributed by atoms with E-state index in [2.05, 4.69) is 40.7 Å². The van der Waals surface area contributed by atoms with Crippen molar-refractivity contribution in [2.24, 2.45) is 50.2 Å². The number of carboxylic acid groups (broad SMARTS) is 1. The van der Waals surface area contributed by atoms with Gasteiger partial charge in [-0.05, 0) is 110 Å². The van der Waals surface area contributed by atoms with Gasteiger partial charge >= 0.3 is 11.9 Å². The molecule has 4 heterocycles. The first-order valence-electron chi connectivity index (χ1n) is 29.4. The Morgan fingerprint density at radius 2 is 1.24 bits per heavy atom. The average molecular weight is 1190 g/mol. The molecule has 0 aromatic heterocycles. The summed E-state index contributed by atoms with van der Waals surface area (Å²) < 4.78 is 55.0. The summed E-state index contributed by atoms with van der Waals surface area (Å²) in [5, 5.41) is 154. The summed E-state index contributed by atoms with van der Waals surface area (Å²) >= 11 is 0. The number of carbonyl (C=O) groups is 2. The Morgan fingerprint density at radius 3 is 1.87 bits per heavy atom. The fourth-order valence-corrected chi connectivity index (χ4v) is 17.1. The van der Waals surface area contributed by atoms with E-state index < -0.39 is 183 Å². The number of hydrogen-bond acceptors (Lipinski definition) is 24. The lowest BCUT2D eigenvalue weighted by atomic mass is 9.33. The largest absolute Gasteiger partial charge is 0.479 e. The maximum atomic E-state index is 13.4. The van der Waals surface area contributed by atoms with Gasteiger partial charge in [0.2, 0.25) is 0 Å². The van der Waals surface area contributed by atoms with E-state index >= 15 is 0 Å². The highest BCUT2D eigenvalue weighted by Crippen LogP contribution is 2.76. The van der Waals surface area contributed by atoms with Gasteiger partial charge in [-0.3, -0.25) is 0 Å². The summed E-state index contributed by atoms with van der Waals surface area (Å²) in [4.78, 5) is 26.6. The first-order valence-corrected chi connectivity index (χ1v) is 29.4. The second-order valence-electron chi connectivity index (χ2n) is 27.5. The van der Waals surface area contributed by atoms with Crippen LogP contribution < -0.4 is 0 Å². The van der Waals surface area contributed by atoms with E-state index in [9.17, 15) is 81.1 Å². The minimum Gasteiger partial charge on any atom is -0.479 e. The molecule has 8 fully saturated rings. The van der Waals surface area contributed by atoms with E-state index in [0.717, 1.165) is 0 Å². The van der Waals surface area contributed by atoms with Crippen LogP contribution in [-0.2, 0) is 52.2 Å². The number of esters is 1. The Labute approximate surface area is 483 Å². The molecular formula is C58H92O25. The first kappa shape index (κ1) is 65.0. The van der Waals surface area contributed by atoms with E-state index in [1.807, 2.05) is 13.8 Å². The number of ether oxygens (including phenoxy) is 9. The van der Waals surface area contributed by atoms with Crippen LogP contribution in [0.25, 0.3) is 0 Å². The van der Waals surface area contributed by atoms with Crippen LogP contribution in [0, 0.1) is 50.2 Å². The Hall–Kier alpha value is -2.42. The molecule has 0 spiro atoms. The van der Waals surface area contributed by atoms with Gasteiger partial charge in [0.1, 0.15) is 91.6 Å². The molecule has 474 valence electrons. The highest BCUT2D eigenvalue weighted by atomic mass is 16.8. The molecule has 0 unspecified atom stereocenters. The Bertz CT molecular complexity index is 2390. The van der Waals surface area contributed by atoms with Gasteiger partial charge in [-0.2, -0.15) is 0 Å². The van der Waals surface area contributed by atoms with Gasteiger partial charge in [-0.1, -0.05) is 66.2 Å². The molecule has 14 N–H and O–H groups in total. The Kier molecular flexibility index (Phi) is 18.7. The van der Waals surface area contributed by atoms with Crippen molar-refractivity contribution in [2.45, 2.75) is 249 Å². The van der Waals surface area contributed by atoms with Crippen LogP contribution in [0.15, 0.2) is 23.3 Å². The molecule has 0 bridgehead atoms. The number of aliphatic hydroxyl groups excluding tert-OH is 13. The standard InChI is InChI=1S/C58H92O25/c1-10-24(2)48(74)78-34-19-53(3,4)17-26-25-11-12-31-55(7)15-14-33(54(5,6)30(55)13-16-56(31,8)57(25,9)18-32(63)58(26,34)23-61)79-52-46(83-50-41(70)38(67)36(65)28(20-59)76-50)43(42(71)44(81-52)47(72)73)80-51-45(39(68)37(66)29(21-60)77-51)82-49-40(69)35(64)27(62)22-75-49/h10-11,26-46,49-52,59-71H,12-23H2,1-9H3,(H,72,73)/b24-10-/t26-,27+,28+,29+,30-,31+,32+,33-,34-,35-,36+,37+,38-,39-,40+,41+,42-,43-,44-,45+,46+,49-,50-,51-,52+,55-,56+,57+,58-/m0/s1. The minimum absolute atomic E-state index is 0.0485. The van der Waals surface area contributed by atoms with Crippen molar-refractivity contribution in [3.05, 3.63) is 23.3 Å². The first-order chi connectivity index (χ1) is 38.8. The third kappa shape index (κ3) is 10.8. The zero-order valence-corrected chi connectivity index (χ0v) is 48.8. The van der Waals surface area contributed by atoms with Crippen molar-refractivity contribution in [3.8, 4) is 0 Å². The molecular weight excluding hydrogens is 1100 g/mol. The van der Waals surface area contributed by atoms with Crippen molar-refractivity contribution in [1.82, 2.24) is 0 Å². The lowest BCUT2D eigenvalue weighted by molar-refractivity contribution is -0.405. The number of allylic oxidation sites excluding steroid dienone is 3. The van der Waals surface area contributed by atoms with Crippen molar-refractivity contribution in [1.29, 1.82) is 0 Å². The van der Waals surface area contributed by atoms with E-state index in [4.69, 9.17) is 42.6 Å². The maximum absolute atomic E-state index is 13.4. The topological polar surface area (TPSA) is 400 Å². The summed E-state index contributed by atoms with van der Waals surface area (Å²) in [6, 6.07) is 0. The minimum atomic E-state index is -2.26. The smallest absolute Gasteiger partial charge is 0.335 e. The van der Waals surface area contributed by atoms with E-state index in [1.54, 1.807) is 19.9 Å². The molecule has 0 amide bonds. The Balaban J connectivity index is 1.04. The molecule has 29 atom stereocenters. The molecule has 0 aromatic rings. The number of rotatable bonds is 14. The van der Waals surface area contributed by atoms with Crippen molar-refractivity contribution in [2.75, 3.05) is 26.4 Å². The van der Waals surface area contributed by atoms with Crippen LogP contribution >= 0.6 is 0 Å². The second-order valence-corrected chi connectivity index (χ2v) is 27.5. The number of carbonyl (C=O) groups excluding carboxylic acids is 1. The monoisotopic (exact) mass is 1190 g/mol. The van der Waals surface area contributed by atoms with Gasteiger partial charge in [-0.25, -0.2) is 9.59 Å². The highest BCUT2D eigenvalue weighted by Gasteiger charge is 2.72. The summed E-state index contributed by atoms with van der Waals surface area (Å²) in [5.41, 5.74) is -1.93. The lowest BCUT2D eigenvalue weighted by Gasteiger charge is -2.72. The molecule has 4 aliphatic heterocycles. The molecule has 4 saturated heterocycles. The summed E-state index contributed by atoms with van der Waals surface area (Å²) in [6.07, 6.45) is -30.5. The zero-order valence-electron chi connectivity index (χ0n) is 48.8. The number of carboxylic acids is 1. The van der Waals surface area contributed by atoms with Crippen LogP contribution in [0.1, 0.15) is 114 Å². The molecule has 0 aromatic carbocycles. The number of aliphatic carboxylic acids is 1. The summed E-state index contributed by atoms with van der Waals surface area (Å²) in [6.45, 7) is 15.9. The van der Waals surface area contributed by atoms with Crippen molar-refractivity contribution >= 4 is 11.9 Å². The third-order valence-electron chi connectivity index (χ3n) is 22.1. The molecule has 5 aliphatic carbocycles. The van der Waals surface area contributed by atoms with Gasteiger partial charge in [0.25, 0.3) is 0 Å². The van der Waals surface area contributed by atoms with Gasteiger partial charge in [0, 0.05) is 5.57 Å². The third-order valence-corrected chi connectivity index (χ3v) is 22.1. The number of fused-ring (bicyclic) bond motifs is 7. The number of aliphatic hydroxyl groups is 13. The van der Waals surface area contributed by atoms with Crippen LogP contribution in [0.2, 0.25) is 0 Å². The molecule has 25 nitrogen and oxygen atoms in total. The van der Waals surface area contributed by atoms with Gasteiger partial charge in [-0.15, -0.1) is 0 Å². The Morgan fingerprint density at radius 1 is 0.639 bits per heavy atom. The predicted molar refractivity (Wildman–Crippen MR) is 283 cm³/mol. The van der Waals surface area contributed by atoms with Gasteiger partial charge in [0.15, 0.2) is 31.3 Å². The fourth-order valence-electron chi connectivity index (χ4n) is 17.1. The van der Waals surface area contributed by atoms with Crippen LogP contribution in [0.5, 0.6) is 0 Å². The van der Waals surface area contributed by atoms with Gasteiger partial charge < -0.3 is 114 Å². The highest BCUT2D eigenvalue weighted by molar-refractivity contribution is 5.87. The van der Waals surface area contributed by atoms with Gasteiger partial charge in [0.05, 0.1) is 44.1 Å². The van der Waals surface area contributed by atoms with Crippen LogP contribution in [0.3, 0.4) is 0 Å². The van der Waals surface area contributed by atoms with E-state index in [1.165, 1.54) is 5.57 Å². The van der Waals surface area contributed by atoms with Crippen molar-refractivity contribution in [3.63, 3.8) is 0 Å². The zero-order chi connectivity index (χ0) is 61.0. The molecule has 9 aliphatic rings. The molecule has 4 saturated carbocycles. The quantitative estimate of drug-likeness (QED) is 0.0413. The van der Waals surface area contributed by atoms with E-state index in [-0.39, 0.29) is 40.6 Å². The normalized spacial score (nSPS) is 51.5. The predicted octanol–water partition coefficient (Wildman–Crippen LogP) is -1.37. The van der Waals surface area contributed by atoms with Crippen LogP contribution in [-0.4, -0.2) is 245 Å². The second kappa shape index (κ2) is 23.8. The SMILES string of the molecule is C/C=C(/C)C(=O)O[C@H]1CC(C)(C)C[C@H]2C3=CC[C@@H]4[C@@]5(C)CC[C@H](O[C@@H]6O[C@H](C(=O)O)[C@@H](O)[C@H](O[C@@H]7O[C@H](CO)[C@@H](O)[C@H](O)[C@H]7O[C@@H]7OC[C@@H](O)[C@H](O)[C@H]7O)[C@H]6O[C@@H]6O[C@H](CO)[C@@H](O)[C@H](O)[C@H]6O)C(C)(C)[C@@H]5CC[C@@]4(C)[C@]3(C)C[C@@H](O)[C@@]12CO. The number of hydrogen-bond donors (Lipinski definition) is 14. The summed E-state index contributed by atoms with van der Waals surface area (Å²) in [5.74, 6) is -2.53. The molecule has 83 heavy (non-hydrogen) atoms. The van der Waals surface area contributed by atoms with E-state index in [0.29, 0.717) is 56.9 Å². The molecule has 9 rings (SSSR count). The summed E-state index contributed by atoms with van der Waals surface area (Å²) in [7, 11) is 0. The molecule has 0 radical (unpaired) electrons. The average Bonchev–Trinajstić information content (AvgIpc) is 0.779. The van der Waals surface area contributed by atoms with Crippen molar-refractivity contribution < 1.29 is 124 Å². The fraction of sp³-hybridized carbons (Fsp3) is 0.897.